The number of aliphatic carboxylic acids is 2. The molecule has 0 saturated heterocycles. The molecule has 2 aromatic carbocycles. The van der Waals surface area contributed by atoms with Gasteiger partial charge in [-0.1, -0.05) is 36.4 Å². The summed E-state index contributed by atoms with van der Waals surface area (Å²) in [5.74, 6) is -3.44. The van der Waals surface area contributed by atoms with Gasteiger partial charge >= 0.3 is 11.9 Å². The van der Waals surface area contributed by atoms with E-state index in [1.54, 1.807) is 57.2 Å². The van der Waals surface area contributed by atoms with Gasteiger partial charge in [-0.05, 0) is 49.6 Å². The Balaban J connectivity index is 2.32. The monoisotopic (exact) mass is 360 g/mol. The number of hydrogen-bond acceptors (Lipinski definition) is 3. The Morgan fingerprint density at radius 2 is 1.31 bits per heavy atom. The van der Waals surface area contributed by atoms with Crippen molar-refractivity contribution in [2.24, 2.45) is 0 Å². The molecular weight excluding hydrogens is 339 g/mol. The van der Waals surface area contributed by atoms with Crippen LogP contribution in [-0.2, 0) is 20.7 Å². The van der Waals surface area contributed by atoms with Crippen molar-refractivity contribution >= 4 is 11.9 Å². The van der Waals surface area contributed by atoms with E-state index in [1.165, 1.54) is 12.1 Å². The summed E-state index contributed by atoms with van der Waals surface area (Å²) in [4.78, 5) is 23.4. The molecule has 0 radical (unpaired) electrons. The van der Waals surface area contributed by atoms with Gasteiger partial charge in [-0.3, -0.25) is 0 Å². The maximum absolute atomic E-state index is 13.0. The van der Waals surface area contributed by atoms with Crippen LogP contribution in [0.15, 0.2) is 48.5 Å². The molecule has 0 bridgehead atoms. The Morgan fingerprint density at radius 1 is 0.885 bits per heavy atom. The Bertz CT molecular complexity index is 774. The van der Waals surface area contributed by atoms with Crippen LogP contribution in [0.1, 0.15) is 26.3 Å². The predicted molar refractivity (Wildman–Crippen MR) is 94.4 cm³/mol. The Hall–Kier alpha value is -2.73. The van der Waals surface area contributed by atoms with E-state index < -0.39 is 23.1 Å². The van der Waals surface area contributed by atoms with E-state index in [0.717, 1.165) is 11.1 Å². The second-order valence-corrected chi connectivity index (χ2v) is 7.03. The molecule has 0 spiro atoms. The van der Waals surface area contributed by atoms with Gasteiger partial charge < -0.3 is 14.9 Å². The summed E-state index contributed by atoms with van der Waals surface area (Å²) in [6.07, 6.45) is -0.321. The van der Waals surface area contributed by atoms with Gasteiger partial charge in [-0.25, -0.2) is 14.0 Å². The lowest BCUT2D eigenvalue weighted by molar-refractivity contribution is -0.199. The van der Waals surface area contributed by atoms with Crippen LogP contribution in [0, 0.1) is 5.82 Å². The zero-order chi connectivity index (χ0) is 19.5. The van der Waals surface area contributed by atoms with Crippen LogP contribution in [0.2, 0.25) is 0 Å². The molecule has 6 heteroatoms. The summed E-state index contributed by atoms with van der Waals surface area (Å²) in [6, 6.07) is 12.7. The highest BCUT2D eigenvalue weighted by Gasteiger charge is 2.50. The number of carboxylic acid groups (broad SMARTS) is 2. The van der Waals surface area contributed by atoms with E-state index in [9.17, 15) is 24.2 Å². The molecule has 0 unspecified atom stereocenters. The average Bonchev–Trinajstić information content (AvgIpc) is 2.54. The number of benzene rings is 2. The first-order chi connectivity index (χ1) is 12.0. The second kappa shape index (κ2) is 7.25. The fourth-order valence-electron chi connectivity index (χ4n) is 2.63. The van der Waals surface area contributed by atoms with Crippen molar-refractivity contribution in [1.29, 1.82) is 0 Å². The zero-order valence-corrected chi connectivity index (χ0v) is 14.8. The lowest BCUT2D eigenvalue weighted by Crippen LogP contribution is -2.54. The van der Waals surface area contributed by atoms with Crippen molar-refractivity contribution < 1.29 is 28.9 Å². The Labute approximate surface area is 151 Å². The lowest BCUT2D eigenvalue weighted by Gasteiger charge is -2.33. The molecule has 2 aromatic rings. The van der Waals surface area contributed by atoms with Gasteiger partial charge in [-0.2, -0.15) is 0 Å². The van der Waals surface area contributed by atoms with Gasteiger partial charge in [0.2, 0.25) is 0 Å². The topological polar surface area (TPSA) is 83.8 Å². The minimum absolute atomic E-state index is 0.321. The van der Waals surface area contributed by atoms with E-state index in [1.807, 2.05) is 0 Å². The Kier molecular flexibility index (Phi) is 5.47. The van der Waals surface area contributed by atoms with Gasteiger partial charge in [0.15, 0.2) is 0 Å². The molecule has 0 saturated carbocycles. The highest BCUT2D eigenvalue weighted by atomic mass is 19.1. The van der Waals surface area contributed by atoms with E-state index in [4.69, 9.17) is 4.74 Å². The van der Waals surface area contributed by atoms with Crippen LogP contribution in [0.4, 0.5) is 4.39 Å². The number of ether oxygens (including phenoxy) is 1. The van der Waals surface area contributed by atoms with Crippen molar-refractivity contribution in [1.82, 2.24) is 0 Å². The maximum atomic E-state index is 13.0. The van der Waals surface area contributed by atoms with Crippen LogP contribution in [0.3, 0.4) is 0 Å². The van der Waals surface area contributed by atoms with Gasteiger partial charge in [0.1, 0.15) is 5.82 Å². The third kappa shape index (κ3) is 4.46. The summed E-state index contributed by atoms with van der Waals surface area (Å²) in [6.45, 7) is 4.81. The predicted octanol–water partition coefficient (Wildman–Crippen LogP) is 3.76. The van der Waals surface area contributed by atoms with Crippen molar-refractivity contribution in [3.8, 4) is 11.1 Å². The normalized spacial score (nSPS) is 12.0. The number of halogens is 1. The average molecular weight is 360 g/mol. The van der Waals surface area contributed by atoms with Gasteiger partial charge in [0.05, 0.1) is 5.60 Å². The molecule has 5 nitrogen and oxygen atoms in total. The minimum atomic E-state index is -2.38. The molecule has 0 heterocycles. The molecule has 0 aliphatic carbocycles. The first-order valence-electron chi connectivity index (χ1n) is 8.05. The lowest BCUT2D eigenvalue weighted by atomic mass is 9.92. The molecule has 0 fully saturated rings. The molecule has 26 heavy (non-hydrogen) atoms. The fourth-order valence-corrected chi connectivity index (χ4v) is 2.63. The standard InChI is InChI=1S/C20H21FO5/c1-19(2,3)26-20(17(22)23,18(24)25)12-13-4-6-14(7-5-13)15-8-10-16(21)11-9-15/h4-11H,12H2,1-3H3,(H,22,23)(H,24,25). The van der Waals surface area contributed by atoms with E-state index >= 15 is 0 Å². The van der Waals surface area contributed by atoms with Gasteiger partial charge in [0, 0.05) is 6.42 Å². The summed E-state index contributed by atoms with van der Waals surface area (Å²) in [7, 11) is 0. The van der Waals surface area contributed by atoms with Crippen molar-refractivity contribution in [3.63, 3.8) is 0 Å². The summed E-state index contributed by atoms with van der Waals surface area (Å²) < 4.78 is 18.5. The van der Waals surface area contributed by atoms with Crippen molar-refractivity contribution in [3.05, 3.63) is 59.9 Å². The van der Waals surface area contributed by atoms with Crippen LogP contribution >= 0.6 is 0 Å². The number of rotatable bonds is 6. The second-order valence-electron chi connectivity index (χ2n) is 7.03. The smallest absolute Gasteiger partial charge is 0.348 e. The molecule has 2 N–H and O–H groups in total. The van der Waals surface area contributed by atoms with Crippen LogP contribution in [0.25, 0.3) is 11.1 Å². The van der Waals surface area contributed by atoms with Gasteiger partial charge in [0.25, 0.3) is 5.60 Å². The third-order valence-electron chi connectivity index (χ3n) is 3.76. The molecule has 0 aliphatic heterocycles. The molecule has 0 atom stereocenters. The SMILES string of the molecule is CC(C)(C)OC(Cc1ccc(-c2ccc(F)cc2)cc1)(C(=O)O)C(=O)O. The molecule has 0 aliphatic rings. The van der Waals surface area contributed by atoms with E-state index in [2.05, 4.69) is 0 Å². The molecule has 2 rings (SSSR count). The Morgan fingerprint density at radius 3 is 1.69 bits per heavy atom. The van der Waals surface area contributed by atoms with E-state index in [-0.39, 0.29) is 12.2 Å². The van der Waals surface area contributed by atoms with Gasteiger partial charge in [-0.15, -0.1) is 0 Å². The van der Waals surface area contributed by atoms with Crippen LogP contribution in [0.5, 0.6) is 0 Å². The molecule has 0 aromatic heterocycles. The third-order valence-corrected chi connectivity index (χ3v) is 3.76. The molecule has 0 amide bonds. The minimum Gasteiger partial charge on any atom is -0.479 e. The number of carboxylic acids is 2. The summed E-state index contributed by atoms with van der Waals surface area (Å²) >= 11 is 0. The fraction of sp³-hybridized carbons (Fsp3) is 0.300. The highest BCUT2D eigenvalue weighted by Crippen LogP contribution is 2.27. The quantitative estimate of drug-likeness (QED) is 0.767. The highest BCUT2D eigenvalue weighted by molar-refractivity contribution is 6.02. The first kappa shape index (κ1) is 19.6. The summed E-state index contributed by atoms with van der Waals surface area (Å²) in [5, 5.41) is 19.1. The van der Waals surface area contributed by atoms with E-state index in [0.29, 0.717) is 5.56 Å². The maximum Gasteiger partial charge on any atom is 0.348 e. The number of hydrogen-bond donors (Lipinski definition) is 2. The number of carbonyl (C=O) groups is 2. The van der Waals surface area contributed by atoms with Crippen LogP contribution in [-0.4, -0.2) is 33.4 Å². The molecular formula is C20H21FO5. The van der Waals surface area contributed by atoms with Crippen molar-refractivity contribution in [2.45, 2.75) is 38.4 Å². The summed E-state index contributed by atoms with van der Waals surface area (Å²) in [5.41, 5.74) is -1.22. The first-order valence-corrected chi connectivity index (χ1v) is 8.05. The zero-order valence-electron chi connectivity index (χ0n) is 14.8. The van der Waals surface area contributed by atoms with Crippen molar-refractivity contribution in [2.75, 3.05) is 0 Å². The largest absolute Gasteiger partial charge is 0.479 e. The molecule has 138 valence electrons. The van der Waals surface area contributed by atoms with Crippen LogP contribution < -0.4 is 0 Å².